The van der Waals surface area contributed by atoms with Crippen LogP contribution in [0.1, 0.15) is 29.8 Å². The summed E-state index contributed by atoms with van der Waals surface area (Å²) in [6.07, 6.45) is 1.41. The van der Waals surface area contributed by atoms with E-state index in [-0.39, 0.29) is 27.9 Å². The highest BCUT2D eigenvalue weighted by atomic mass is 35.5. The second kappa shape index (κ2) is 7.64. The molecule has 0 saturated carbocycles. The van der Waals surface area contributed by atoms with E-state index in [4.69, 9.17) is 17.3 Å². The average Bonchev–Trinajstić information content (AvgIpc) is 2.62. The Kier molecular flexibility index (Phi) is 5.42. The molecular weight excluding hydrogens is 384 g/mol. The lowest BCUT2D eigenvalue weighted by Crippen LogP contribution is -2.20. The van der Waals surface area contributed by atoms with Gasteiger partial charge in [-0.3, -0.25) is 9.78 Å². The number of aliphatic imine (C=N–C) groups is 1. The molecule has 0 aliphatic carbocycles. The average molecular weight is 402 g/mol. The highest BCUT2D eigenvalue weighted by molar-refractivity contribution is 6.35. The van der Waals surface area contributed by atoms with Gasteiger partial charge in [0.15, 0.2) is 0 Å². The van der Waals surface area contributed by atoms with E-state index in [0.717, 1.165) is 12.1 Å². The molecule has 1 amide bonds. The highest BCUT2D eigenvalue weighted by Crippen LogP contribution is 2.37. The summed E-state index contributed by atoms with van der Waals surface area (Å²) in [5, 5.41) is 0.659. The van der Waals surface area contributed by atoms with Crippen molar-refractivity contribution in [2.24, 2.45) is 16.6 Å². The number of nitrogens with zero attached hydrogens (tertiary/aromatic N) is 2. The van der Waals surface area contributed by atoms with Crippen molar-refractivity contribution < 1.29 is 13.6 Å². The minimum Gasteiger partial charge on any atom is -0.387 e. The molecule has 7 heteroatoms. The molecule has 0 fully saturated rings. The molecule has 0 radical (unpaired) electrons. The largest absolute Gasteiger partial charge is 0.387 e. The number of fused-ring (bicyclic) bond motifs is 1. The van der Waals surface area contributed by atoms with Crippen molar-refractivity contribution in [3.63, 3.8) is 0 Å². The van der Waals surface area contributed by atoms with Gasteiger partial charge in [-0.1, -0.05) is 25.4 Å². The van der Waals surface area contributed by atoms with Gasteiger partial charge in [0.1, 0.15) is 17.5 Å². The van der Waals surface area contributed by atoms with Crippen LogP contribution < -0.4 is 5.73 Å². The summed E-state index contributed by atoms with van der Waals surface area (Å²) >= 11 is 6.30. The van der Waals surface area contributed by atoms with Crippen molar-refractivity contribution in [2.45, 2.75) is 20.8 Å². The molecule has 28 heavy (non-hydrogen) atoms. The summed E-state index contributed by atoms with van der Waals surface area (Å²) < 4.78 is 27.8. The summed E-state index contributed by atoms with van der Waals surface area (Å²) in [6, 6.07) is 6.44. The topological polar surface area (TPSA) is 68.3 Å². The van der Waals surface area contributed by atoms with Gasteiger partial charge in [0.05, 0.1) is 10.5 Å². The zero-order chi connectivity index (χ0) is 20.6. The van der Waals surface area contributed by atoms with Crippen LogP contribution in [0.5, 0.6) is 0 Å². The van der Waals surface area contributed by atoms with Crippen LogP contribution in [-0.4, -0.2) is 16.7 Å². The maximum atomic E-state index is 14.4. The van der Waals surface area contributed by atoms with Crippen molar-refractivity contribution in [1.29, 1.82) is 0 Å². The van der Waals surface area contributed by atoms with Crippen LogP contribution in [0.15, 0.2) is 41.5 Å². The minimum atomic E-state index is -0.758. The first-order valence-electron chi connectivity index (χ1n) is 8.61. The second-order valence-electron chi connectivity index (χ2n) is 6.79. The maximum Gasteiger partial charge on any atom is 0.278 e. The Morgan fingerprint density at radius 2 is 1.93 bits per heavy atom. The van der Waals surface area contributed by atoms with Gasteiger partial charge in [-0.2, -0.15) is 4.99 Å². The Balaban J connectivity index is 2.28. The first-order chi connectivity index (χ1) is 13.2. The SMILES string of the molecule is Cc1cc(C(=O)N=C(N)C(C)C)cc2c(-c3ccc(F)cc3F)c(Cl)cnc12. The molecule has 0 bridgehead atoms. The highest BCUT2D eigenvalue weighted by Gasteiger charge is 2.18. The number of benzene rings is 2. The molecule has 3 rings (SSSR count). The number of amides is 1. The Hall–Kier alpha value is -2.86. The first kappa shape index (κ1) is 19.9. The fraction of sp³-hybridized carbons (Fsp3) is 0.190. The van der Waals surface area contributed by atoms with Crippen LogP contribution in [0.25, 0.3) is 22.0 Å². The minimum absolute atomic E-state index is 0.0783. The van der Waals surface area contributed by atoms with Gasteiger partial charge in [0.25, 0.3) is 5.91 Å². The standard InChI is InChI=1S/C21H18ClF2N3O/c1-10(2)20(25)27-21(28)12-6-11(3)19-15(7-12)18(16(22)9-26-19)14-5-4-13(23)8-17(14)24/h4-10H,1-3H3,(H2,25,27,28). The molecule has 1 heterocycles. The van der Waals surface area contributed by atoms with E-state index < -0.39 is 17.5 Å². The number of rotatable bonds is 3. The molecule has 2 aromatic carbocycles. The second-order valence-corrected chi connectivity index (χ2v) is 7.20. The van der Waals surface area contributed by atoms with Crippen LogP contribution >= 0.6 is 11.6 Å². The van der Waals surface area contributed by atoms with E-state index in [1.165, 1.54) is 12.3 Å². The molecule has 0 aliphatic rings. The summed E-state index contributed by atoms with van der Waals surface area (Å²) in [7, 11) is 0. The number of nitrogens with two attached hydrogens (primary N) is 1. The summed E-state index contributed by atoms with van der Waals surface area (Å²) in [4.78, 5) is 20.8. The van der Waals surface area contributed by atoms with E-state index in [1.807, 2.05) is 13.8 Å². The van der Waals surface area contributed by atoms with Crippen LogP contribution in [0.4, 0.5) is 8.78 Å². The van der Waals surface area contributed by atoms with Gasteiger partial charge >= 0.3 is 0 Å². The van der Waals surface area contributed by atoms with Crippen molar-refractivity contribution in [2.75, 3.05) is 0 Å². The van der Waals surface area contributed by atoms with Crippen molar-refractivity contribution in [3.8, 4) is 11.1 Å². The number of hydrogen-bond acceptors (Lipinski definition) is 2. The van der Waals surface area contributed by atoms with Crippen molar-refractivity contribution in [1.82, 2.24) is 4.98 Å². The number of aryl methyl sites for hydroxylation is 1. The number of aromatic nitrogens is 1. The zero-order valence-electron chi connectivity index (χ0n) is 15.6. The molecule has 0 aliphatic heterocycles. The van der Waals surface area contributed by atoms with E-state index in [0.29, 0.717) is 22.0 Å². The smallest absolute Gasteiger partial charge is 0.278 e. The van der Waals surface area contributed by atoms with Crippen LogP contribution in [-0.2, 0) is 0 Å². The van der Waals surface area contributed by atoms with E-state index in [1.54, 1.807) is 19.1 Å². The molecule has 144 valence electrons. The lowest BCUT2D eigenvalue weighted by atomic mass is 9.96. The number of carbonyl (C=O) groups excluding carboxylic acids is 1. The van der Waals surface area contributed by atoms with Crippen molar-refractivity contribution in [3.05, 3.63) is 64.3 Å². The Morgan fingerprint density at radius 3 is 2.57 bits per heavy atom. The Bertz CT molecular complexity index is 1130. The maximum absolute atomic E-state index is 14.4. The van der Waals surface area contributed by atoms with E-state index >= 15 is 0 Å². The zero-order valence-corrected chi connectivity index (χ0v) is 16.3. The lowest BCUT2D eigenvalue weighted by molar-refractivity contribution is 0.100. The molecule has 1 aromatic heterocycles. The van der Waals surface area contributed by atoms with Gasteiger partial charge in [-0.15, -0.1) is 0 Å². The van der Waals surface area contributed by atoms with Crippen LogP contribution in [0.3, 0.4) is 0 Å². The van der Waals surface area contributed by atoms with Gasteiger partial charge in [0, 0.05) is 40.3 Å². The molecule has 2 N–H and O–H groups in total. The molecule has 4 nitrogen and oxygen atoms in total. The van der Waals surface area contributed by atoms with Gasteiger partial charge in [-0.25, -0.2) is 8.78 Å². The van der Waals surface area contributed by atoms with Crippen LogP contribution in [0, 0.1) is 24.5 Å². The number of halogens is 3. The quantitative estimate of drug-likeness (QED) is 0.478. The van der Waals surface area contributed by atoms with Gasteiger partial charge < -0.3 is 5.73 Å². The predicted molar refractivity (Wildman–Crippen MR) is 108 cm³/mol. The summed E-state index contributed by atoms with van der Waals surface area (Å²) in [5.74, 6) is -1.82. The third kappa shape index (κ3) is 3.73. The third-order valence-corrected chi connectivity index (χ3v) is 4.67. The lowest BCUT2D eigenvalue weighted by Gasteiger charge is -2.13. The third-order valence-electron chi connectivity index (χ3n) is 4.39. The fourth-order valence-corrected chi connectivity index (χ4v) is 3.11. The number of pyridine rings is 1. The van der Waals surface area contributed by atoms with Crippen molar-refractivity contribution >= 4 is 34.2 Å². The number of amidine groups is 1. The molecule has 0 unspecified atom stereocenters. The number of carbonyl (C=O) groups is 1. The fourth-order valence-electron chi connectivity index (χ4n) is 2.86. The summed E-state index contributed by atoms with van der Waals surface area (Å²) in [6.45, 7) is 5.44. The molecule has 0 saturated heterocycles. The normalized spacial score (nSPS) is 12.0. The van der Waals surface area contributed by atoms with Crippen LogP contribution in [0.2, 0.25) is 5.02 Å². The first-order valence-corrected chi connectivity index (χ1v) is 8.99. The Labute approximate surface area is 166 Å². The molecule has 3 aromatic rings. The van der Waals surface area contributed by atoms with Gasteiger partial charge in [0.2, 0.25) is 0 Å². The Morgan fingerprint density at radius 1 is 1.21 bits per heavy atom. The summed E-state index contributed by atoms with van der Waals surface area (Å²) in [5.41, 5.74) is 7.78. The number of hydrogen-bond donors (Lipinski definition) is 1. The monoisotopic (exact) mass is 401 g/mol. The molecular formula is C21H18ClF2N3O. The van der Waals surface area contributed by atoms with E-state index in [9.17, 15) is 13.6 Å². The molecule has 0 atom stereocenters. The van der Waals surface area contributed by atoms with Gasteiger partial charge in [-0.05, 0) is 36.8 Å². The molecule has 0 spiro atoms. The predicted octanol–water partition coefficient (Wildman–Crippen LogP) is 5.30. The van der Waals surface area contributed by atoms with E-state index in [2.05, 4.69) is 9.98 Å².